The van der Waals surface area contributed by atoms with Gasteiger partial charge in [-0.3, -0.25) is 19.4 Å². The van der Waals surface area contributed by atoms with Crippen LogP contribution >= 0.6 is 11.8 Å². The van der Waals surface area contributed by atoms with E-state index >= 15 is 0 Å². The van der Waals surface area contributed by atoms with Crippen molar-refractivity contribution in [1.82, 2.24) is 20.1 Å². The third-order valence-corrected chi connectivity index (χ3v) is 4.03. The van der Waals surface area contributed by atoms with Crippen LogP contribution in [0.5, 0.6) is 0 Å². The van der Waals surface area contributed by atoms with Gasteiger partial charge in [0.1, 0.15) is 0 Å². The van der Waals surface area contributed by atoms with Crippen LogP contribution < -0.4 is 16.4 Å². The molecule has 0 amide bonds. The predicted molar refractivity (Wildman–Crippen MR) is 82.7 cm³/mol. The van der Waals surface area contributed by atoms with E-state index in [1.54, 1.807) is 7.05 Å². The van der Waals surface area contributed by atoms with Crippen LogP contribution in [-0.4, -0.2) is 21.3 Å². The molecule has 0 spiro atoms. The highest BCUT2D eigenvalue weighted by molar-refractivity contribution is 7.99. The quantitative estimate of drug-likeness (QED) is 0.617. The largest absolute Gasteiger partial charge is 0.339 e. The zero-order chi connectivity index (χ0) is 15.2. The smallest absolute Gasteiger partial charge is 0.313 e. The van der Waals surface area contributed by atoms with Gasteiger partial charge in [-0.1, -0.05) is 25.1 Å². The Morgan fingerprint density at radius 2 is 2.10 bits per heavy atom. The normalized spacial score (nSPS) is 10.8. The number of aromatic amines is 1. The van der Waals surface area contributed by atoms with E-state index in [9.17, 15) is 9.59 Å². The second-order valence-electron chi connectivity index (χ2n) is 4.59. The average Bonchev–Trinajstić information content (AvgIpc) is 2.47. The summed E-state index contributed by atoms with van der Waals surface area (Å²) in [6, 6.07) is 7.93. The van der Waals surface area contributed by atoms with Crippen molar-refractivity contribution in [2.24, 2.45) is 7.05 Å². The van der Waals surface area contributed by atoms with Gasteiger partial charge in [-0.05, 0) is 36.4 Å². The van der Waals surface area contributed by atoms with E-state index < -0.39 is 11.1 Å². The van der Waals surface area contributed by atoms with Crippen LogP contribution in [0, 0.1) is 0 Å². The topological polar surface area (TPSA) is 79.8 Å². The number of aromatic nitrogens is 3. The highest BCUT2D eigenvalue weighted by Crippen LogP contribution is 2.27. The van der Waals surface area contributed by atoms with Gasteiger partial charge < -0.3 is 5.32 Å². The second-order valence-corrected chi connectivity index (χ2v) is 5.60. The van der Waals surface area contributed by atoms with Crippen molar-refractivity contribution < 1.29 is 0 Å². The molecule has 0 atom stereocenters. The fourth-order valence-corrected chi connectivity index (χ4v) is 2.73. The van der Waals surface area contributed by atoms with Crippen molar-refractivity contribution in [3.05, 3.63) is 50.5 Å². The van der Waals surface area contributed by atoms with Gasteiger partial charge in [0.2, 0.25) is 0 Å². The molecule has 0 aliphatic carbocycles. The monoisotopic (exact) mass is 306 g/mol. The van der Waals surface area contributed by atoms with Crippen molar-refractivity contribution in [1.29, 1.82) is 0 Å². The summed E-state index contributed by atoms with van der Waals surface area (Å²) in [6.45, 7) is 3.83. The van der Waals surface area contributed by atoms with Crippen molar-refractivity contribution in [3.63, 3.8) is 0 Å². The van der Waals surface area contributed by atoms with E-state index in [0.717, 1.165) is 30.0 Å². The van der Waals surface area contributed by atoms with Gasteiger partial charge in [0.25, 0.3) is 0 Å². The number of benzene rings is 1. The molecule has 112 valence electrons. The van der Waals surface area contributed by atoms with E-state index in [2.05, 4.69) is 22.3 Å². The highest BCUT2D eigenvalue weighted by Gasteiger charge is 2.09. The second kappa shape index (κ2) is 7.24. The predicted octanol–water partition coefficient (Wildman–Crippen LogP) is 1.12. The molecule has 21 heavy (non-hydrogen) atoms. The minimum atomic E-state index is -0.766. The number of H-pyrrole nitrogens is 1. The summed E-state index contributed by atoms with van der Waals surface area (Å²) in [7, 11) is 1.66. The summed E-state index contributed by atoms with van der Waals surface area (Å²) < 4.78 is 1.46. The minimum absolute atomic E-state index is 0.461. The van der Waals surface area contributed by atoms with Crippen LogP contribution in [-0.2, 0) is 13.6 Å². The average molecular weight is 306 g/mol. The number of nitrogens with one attached hydrogen (secondary N) is 2. The molecule has 0 saturated heterocycles. The van der Waals surface area contributed by atoms with Gasteiger partial charge in [0.05, 0.1) is 0 Å². The van der Waals surface area contributed by atoms with Crippen molar-refractivity contribution in [2.45, 2.75) is 29.9 Å². The highest BCUT2D eigenvalue weighted by atomic mass is 32.2. The number of aryl methyl sites for hydroxylation is 1. The molecule has 6 nitrogen and oxygen atoms in total. The number of hydrogen-bond donors (Lipinski definition) is 2. The standard InChI is InChI=1S/C14H18N4O2S/c1-3-8-15-9-10-6-4-5-7-11(10)21-14-16-12(19)13(20)17-18(14)2/h4-7,15H,3,8-9H2,1-2H3,(H,17,20). The Bertz CT molecular complexity index is 723. The molecule has 2 rings (SSSR count). The number of rotatable bonds is 6. The fraction of sp³-hybridized carbons (Fsp3) is 0.357. The van der Waals surface area contributed by atoms with E-state index in [4.69, 9.17) is 0 Å². The molecule has 0 bridgehead atoms. The Morgan fingerprint density at radius 1 is 1.33 bits per heavy atom. The van der Waals surface area contributed by atoms with Crippen molar-refractivity contribution in [2.75, 3.05) is 6.54 Å². The van der Waals surface area contributed by atoms with Crippen LogP contribution in [0.1, 0.15) is 18.9 Å². The van der Waals surface area contributed by atoms with E-state index in [0.29, 0.717) is 5.16 Å². The Kier molecular flexibility index (Phi) is 5.35. The molecule has 1 aromatic carbocycles. The minimum Gasteiger partial charge on any atom is -0.313 e. The lowest BCUT2D eigenvalue weighted by Gasteiger charge is -2.11. The van der Waals surface area contributed by atoms with Crippen LogP contribution in [0.3, 0.4) is 0 Å². The van der Waals surface area contributed by atoms with E-state index in [1.165, 1.54) is 16.4 Å². The zero-order valence-corrected chi connectivity index (χ0v) is 12.9. The molecule has 1 aromatic heterocycles. The molecule has 0 unspecified atom stereocenters. The third-order valence-electron chi connectivity index (χ3n) is 2.86. The summed E-state index contributed by atoms with van der Waals surface area (Å²) in [6.07, 6.45) is 1.07. The first kappa shape index (κ1) is 15.5. The van der Waals surface area contributed by atoms with Crippen LogP contribution in [0.15, 0.2) is 43.9 Å². The molecule has 1 heterocycles. The molecular formula is C14H18N4O2S. The Hall–Kier alpha value is -1.86. The lowest BCUT2D eigenvalue weighted by Crippen LogP contribution is -2.33. The molecule has 0 radical (unpaired) electrons. The maximum atomic E-state index is 11.4. The van der Waals surface area contributed by atoms with Crippen LogP contribution in [0.4, 0.5) is 0 Å². The van der Waals surface area contributed by atoms with E-state index in [-0.39, 0.29) is 0 Å². The molecule has 2 N–H and O–H groups in total. The number of nitrogens with zero attached hydrogens (tertiary/aromatic N) is 2. The molecule has 2 aromatic rings. The fourth-order valence-electron chi connectivity index (χ4n) is 1.80. The Morgan fingerprint density at radius 3 is 2.86 bits per heavy atom. The van der Waals surface area contributed by atoms with Crippen molar-refractivity contribution >= 4 is 11.8 Å². The van der Waals surface area contributed by atoms with Crippen molar-refractivity contribution in [3.8, 4) is 0 Å². The zero-order valence-electron chi connectivity index (χ0n) is 12.0. The van der Waals surface area contributed by atoms with Gasteiger partial charge in [-0.15, -0.1) is 0 Å². The Labute approximate surface area is 126 Å². The lowest BCUT2D eigenvalue weighted by atomic mass is 10.2. The Balaban J connectivity index is 2.25. The first-order valence-corrected chi connectivity index (χ1v) is 7.57. The number of hydrogen-bond acceptors (Lipinski definition) is 5. The summed E-state index contributed by atoms with van der Waals surface area (Å²) in [4.78, 5) is 27.4. The first-order chi connectivity index (χ1) is 10.1. The summed E-state index contributed by atoms with van der Waals surface area (Å²) in [5.74, 6) is 0. The maximum absolute atomic E-state index is 11.4. The summed E-state index contributed by atoms with van der Waals surface area (Å²) in [5, 5.41) is 6.26. The summed E-state index contributed by atoms with van der Waals surface area (Å²) >= 11 is 1.36. The van der Waals surface area contributed by atoms with Crippen LogP contribution in [0.2, 0.25) is 0 Å². The molecular weight excluding hydrogens is 288 g/mol. The van der Waals surface area contributed by atoms with Gasteiger partial charge >= 0.3 is 11.1 Å². The first-order valence-electron chi connectivity index (χ1n) is 6.75. The molecule has 7 heteroatoms. The van der Waals surface area contributed by atoms with Gasteiger partial charge in [-0.2, -0.15) is 4.98 Å². The molecule has 0 aliphatic heterocycles. The maximum Gasteiger partial charge on any atom is 0.339 e. The summed E-state index contributed by atoms with van der Waals surface area (Å²) in [5.41, 5.74) is -0.340. The van der Waals surface area contributed by atoms with Crippen LogP contribution in [0.25, 0.3) is 0 Å². The molecule has 0 aliphatic rings. The SMILES string of the molecule is CCCNCc1ccccc1Sc1nc(=O)c(=O)[nH]n1C. The van der Waals surface area contributed by atoms with Gasteiger partial charge in [-0.25, -0.2) is 0 Å². The van der Waals surface area contributed by atoms with Gasteiger partial charge in [0.15, 0.2) is 5.16 Å². The third kappa shape index (κ3) is 4.05. The van der Waals surface area contributed by atoms with Gasteiger partial charge in [0, 0.05) is 18.5 Å². The van der Waals surface area contributed by atoms with E-state index in [1.807, 2.05) is 24.3 Å². The molecule has 0 saturated carbocycles. The lowest BCUT2D eigenvalue weighted by molar-refractivity contribution is 0.596. The molecule has 0 fully saturated rings.